The van der Waals surface area contributed by atoms with Gasteiger partial charge in [-0.1, -0.05) is 22.0 Å². The van der Waals surface area contributed by atoms with Crippen LogP contribution in [0.5, 0.6) is 0 Å². The van der Waals surface area contributed by atoms with Crippen LogP contribution >= 0.6 is 27.7 Å². The van der Waals surface area contributed by atoms with Crippen molar-refractivity contribution in [2.75, 3.05) is 5.75 Å². The number of hydrogen-bond acceptors (Lipinski definition) is 3. The Labute approximate surface area is 142 Å². The van der Waals surface area contributed by atoms with Crippen LogP contribution in [0.1, 0.15) is 24.4 Å². The van der Waals surface area contributed by atoms with Gasteiger partial charge in [0.15, 0.2) is 0 Å². The second kappa shape index (κ2) is 5.70. The lowest BCUT2D eigenvalue weighted by Crippen LogP contribution is -2.53. The van der Waals surface area contributed by atoms with E-state index in [4.69, 9.17) is 0 Å². The molecule has 1 fully saturated rings. The second-order valence-electron chi connectivity index (χ2n) is 5.55. The predicted octanol–water partition coefficient (Wildman–Crippen LogP) is 2.92. The molecule has 0 aromatic heterocycles. The Balaban J connectivity index is 1.68. The van der Waals surface area contributed by atoms with Gasteiger partial charge >= 0.3 is 12.1 Å². The van der Waals surface area contributed by atoms with E-state index in [1.165, 1.54) is 0 Å². The largest absolute Gasteiger partial charge is 0.471 e. The van der Waals surface area contributed by atoms with Crippen LogP contribution in [-0.2, 0) is 9.59 Å². The standard InChI is InChI=1S/C14H12BrF3N2O2S/c15-7-1-2-8-9(6-23-10(8)5-7)19-11(21)13(3-4-13)20-12(22)14(16,17)18/h1-2,5,9H,3-4,6H2,(H,19,21)(H,20,22). The molecule has 0 spiro atoms. The highest BCUT2D eigenvalue weighted by Crippen LogP contribution is 2.42. The van der Waals surface area contributed by atoms with Crippen LogP contribution in [0.4, 0.5) is 13.2 Å². The number of halogens is 4. The summed E-state index contributed by atoms with van der Waals surface area (Å²) in [6.45, 7) is 0. The van der Waals surface area contributed by atoms with Crippen LogP contribution in [0.15, 0.2) is 27.6 Å². The number of benzene rings is 1. The number of alkyl halides is 3. The maximum atomic E-state index is 12.4. The van der Waals surface area contributed by atoms with E-state index in [-0.39, 0.29) is 18.9 Å². The monoisotopic (exact) mass is 408 g/mol. The molecule has 1 aromatic carbocycles. The van der Waals surface area contributed by atoms with E-state index in [9.17, 15) is 22.8 Å². The summed E-state index contributed by atoms with van der Waals surface area (Å²) >= 11 is 4.94. The maximum absolute atomic E-state index is 12.4. The van der Waals surface area contributed by atoms with Crippen LogP contribution in [0.25, 0.3) is 0 Å². The zero-order valence-corrected chi connectivity index (χ0v) is 14.1. The molecule has 1 atom stereocenters. The minimum atomic E-state index is -4.99. The first-order chi connectivity index (χ1) is 10.7. The average Bonchev–Trinajstić information content (AvgIpc) is 3.14. The summed E-state index contributed by atoms with van der Waals surface area (Å²) in [5, 5.41) is 4.58. The fourth-order valence-electron chi connectivity index (χ4n) is 2.42. The van der Waals surface area contributed by atoms with Gasteiger partial charge in [-0.05, 0) is 30.5 Å². The van der Waals surface area contributed by atoms with Crippen LogP contribution < -0.4 is 10.6 Å². The highest BCUT2D eigenvalue weighted by Gasteiger charge is 2.55. The molecule has 9 heteroatoms. The van der Waals surface area contributed by atoms with E-state index in [1.54, 1.807) is 11.8 Å². The molecule has 0 bridgehead atoms. The molecule has 4 nitrogen and oxygen atoms in total. The minimum Gasteiger partial charge on any atom is -0.346 e. The van der Waals surface area contributed by atoms with E-state index >= 15 is 0 Å². The summed E-state index contributed by atoms with van der Waals surface area (Å²) in [7, 11) is 0. The first-order valence-electron chi connectivity index (χ1n) is 6.84. The quantitative estimate of drug-likeness (QED) is 0.808. The number of amides is 2. The van der Waals surface area contributed by atoms with Crippen LogP contribution in [0.2, 0.25) is 0 Å². The van der Waals surface area contributed by atoms with Crippen molar-refractivity contribution < 1.29 is 22.8 Å². The van der Waals surface area contributed by atoms with E-state index in [0.29, 0.717) is 5.75 Å². The van der Waals surface area contributed by atoms with Crippen LogP contribution in [0.3, 0.4) is 0 Å². The van der Waals surface area contributed by atoms with E-state index < -0.39 is 23.5 Å². The second-order valence-corrected chi connectivity index (χ2v) is 7.53. The van der Waals surface area contributed by atoms with E-state index in [0.717, 1.165) is 14.9 Å². The Bertz CT molecular complexity index is 676. The highest BCUT2D eigenvalue weighted by atomic mass is 79.9. The van der Waals surface area contributed by atoms with Gasteiger partial charge in [0, 0.05) is 15.1 Å². The van der Waals surface area contributed by atoms with Crippen molar-refractivity contribution in [1.82, 2.24) is 10.6 Å². The molecule has 2 amide bonds. The number of hydrogen-bond donors (Lipinski definition) is 2. The zero-order valence-electron chi connectivity index (χ0n) is 11.7. The van der Waals surface area contributed by atoms with Gasteiger partial charge in [-0.2, -0.15) is 13.2 Å². The fraction of sp³-hybridized carbons (Fsp3) is 0.429. The smallest absolute Gasteiger partial charge is 0.346 e. The Kier molecular flexibility index (Phi) is 4.12. The van der Waals surface area contributed by atoms with Gasteiger partial charge in [0.05, 0.1) is 6.04 Å². The number of thioether (sulfide) groups is 1. The molecule has 1 heterocycles. The average molecular weight is 409 g/mol. The summed E-state index contributed by atoms with van der Waals surface area (Å²) in [4.78, 5) is 24.4. The van der Waals surface area contributed by atoms with Gasteiger partial charge in [-0.3, -0.25) is 9.59 Å². The van der Waals surface area contributed by atoms with E-state index in [2.05, 4.69) is 21.2 Å². The van der Waals surface area contributed by atoms with Gasteiger partial charge in [-0.25, -0.2) is 0 Å². The molecule has 0 saturated heterocycles. The van der Waals surface area contributed by atoms with Gasteiger partial charge in [0.25, 0.3) is 0 Å². The molecule has 3 rings (SSSR count). The number of carbonyl (C=O) groups is 2. The van der Waals surface area contributed by atoms with Crippen LogP contribution in [-0.4, -0.2) is 29.3 Å². The maximum Gasteiger partial charge on any atom is 0.471 e. The molecule has 2 aliphatic rings. The van der Waals surface area contributed by atoms with Crippen molar-refractivity contribution in [1.29, 1.82) is 0 Å². The van der Waals surface area contributed by atoms with Gasteiger partial charge in [0.2, 0.25) is 5.91 Å². The molecule has 2 N–H and O–H groups in total. The van der Waals surface area contributed by atoms with Crippen molar-refractivity contribution in [3.05, 3.63) is 28.2 Å². The summed E-state index contributed by atoms with van der Waals surface area (Å²) in [6.07, 6.45) is -4.56. The number of carbonyl (C=O) groups excluding carboxylic acids is 2. The lowest BCUT2D eigenvalue weighted by atomic mass is 10.1. The topological polar surface area (TPSA) is 58.2 Å². The molecule has 1 saturated carbocycles. The third-order valence-corrected chi connectivity index (χ3v) is 5.51. The molecule has 124 valence electrons. The Morgan fingerprint density at radius 2 is 2.00 bits per heavy atom. The van der Waals surface area contributed by atoms with Gasteiger partial charge in [-0.15, -0.1) is 11.8 Å². The number of rotatable bonds is 3. The van der Waals surface area contributed by atoms with Crippen molar-refractivity contribution in [3.8, 4) is 0 Å². The Morgan fingerprint density at radius 1 is 1.30 bits per heavy atom. The summed E-state index contributed by atoms with van der Waals surface area (Å²) in [6, 6.07) is 5.39. The third-order valence-electron chi connectivity index (χ3n) is 3.86. The van der Waals surface area contributed by atoms with Crippen molar-refractivity contribution in [3.63, 3.8) is 0 Å². The Morgan fingerprint density at radius 3 is 2.61 bits per heavy atom. The van der Waals surface area contributed by atoms with E-state index in [1.807, 2.05) is 23.5 Å². The Hall–Kier alpha value is -1.22. The molecule has 1 aliphatic heterocycles. The molecular weight excluding hydrogens is 397 g/mol. The number of fused-ring (bicyclic) bond motifs is 1. The van der Waals surface area contributed by atoms with Crippen molar-refractivity contribution in [2.45, 2.75) is 35.5 Å². The summed E-state index contributed by atoms with van der Waals surface area (Å²) in [5.41, 5.74) is -0.487. The summed E-state index contributed by atoms with van der Waals surface area (Å²) < 4.78 is 38.0. The first kappa shape index (κ1) is 16.6. The molecule has 1 aromatic rings. The third kappa shape index (κ3) is 3.35. The van der Waals surface area contributed by atoms with Crippen molar-refractivity contribution in [2.24, 2.45) is 0 Å². The lowest BCUT2D eigenvalue weighted by Gasteiger charge is -2.21. The number of nitrogens with one attached hydrogen (secondary N) is 2. The van der Waals surface area contributed by atoms with Crippen molar-refractivity contribution >= 4 is 39.5 Å². The summed E-state index contributed by atoms with van der Waals surface area (Å²) in [5.74, 6) is -2.02. The fourth-order valence-corrected chi connectivity index (χ4v) is 4.13. The normalized spacial score (nSPS) is 21.5. The van der Waals surface area contributed by atoms with Gasteiger partial charge < -0.3 is 10.6 Å². The van der Waals surface area contributed by atoms with Gasteiger partial charge in [0.1, 0.15) is 5.54 Å². The molecular formula is C14H12BrF3N2O2S. The minimum absolute atomic E-state index is 0.216. The van der Waals surface area contributed by atoms with Crippen LogP contribution in [0, 0.1) is 0 Å². The SMILES string of the molecule is O=C(NC1(C(=O)NC2CSc3cc(Br)ccc32)CC1)C(F)(F)F. The first-order valence-corrected chi connectivity index (χ1v) is 8.62. The molecule has 23 heavy (non-hydrogen) atoms. The predicted molar refractivity (Wildman–Crippen MR) is 81.9 cm³/mol. The molecule has 0 radical (unpaired) electrons. The lowest BCUT2D eigenvalue weighted by molar-refractivity contribution is -0.175. The zero-order chi connectivity index (χ0) is 16.8. The highest BCUT2D eigenvalue weighted by molar-refractivity contribution is 9.10. The molecule has 1 unspecified atom stereocenters. The molecule has 1 aliphatic carbocycles.